The van der Waals surface area contributed by atoms with E-state index >= 15 is 0 Å². The van der Waals surface area contributed by atoms with E-state index in [-0.39, 0.29) is 36.7 Å². The maximum atomic E-state index is 11.7. The zero-order chi connectivity index (χ0) is 15.1. The molecule has 0 aliphatic carbocycles. The fraction of sp³-hybridized carbons (Fsp3) is 0.429. The molecule has 2 unspecified atom stereocenters. The van der Waals surface area contributed by atoms with Crippen LogP contribution in [0.25, 0.3) is 0 Å². The molecule has 0 saturated heterocycles. The van der Waals surface area contributed by atoms with Crippen LogP contribution in [-0.4, -0.2) is 24.4 Å². The molecule has 1 rings (SSSR count). The van der Waals surface area contributed by atoms with Gasteiger partial charge in [-0.3, -0.25) is 9.59 Å². The van der Waals surface area contributed by atoms with Crippen molar-refractivity contribution in [3.8, 4) is 0 Å². The molecule has 0 bridgehead atoms. The van der Waals surface area contributed by atoms with Crippen molar-refractivity contribution < 1.29 is 9.59 Å². The Morgan fingerprint density at radius 2 is 1.86 bits per heavy atom. The standard InChI is InChI=1S/C14H20ClN3O2.ClH/c1-3-9(2)13(16)14(20)17-8-12(19)18-11-6-4-10(15)5-7-11;/h4-7,9,13H,3,8,16H2,1-2H3,(H,17,20)(H,18,19);1H. The van der Waals surface area contributed by atoms with Gasteiger partial charge in [0.2, 0.25) is 11.8 Å². The molecule has 0 aliphatic rings. The van der Waals surface area contributed by atoms with Crippen LogP contribution in [-0.2, 0) is 9.59 Å². The second kappa shape index (κ2) is 9.60. The van der Waals surface area contributed by atoms with Crippen LogP contribution in [0.1, 0.15) is 20.3 Å². The van der Waals surface area contributed by atoms with Crippen molar-refractivity contribution in [3.63, 3.8) is 0 Å². The van der Waals surface area contributed by atoms with Gasteiger partial charge in [-0.05, 0) is 30.2 Å². The van der Waals surface area contributed by atoms with E-state index in [0.29, 0.717) is 10.7 Å². The minimum atomic E-state index is -0.594. The maximum absolute atomic E-state index is 11.7. The number of carbonyl (C=O) groups excluding carboxylic acids is 2. The summed E-state index contributed by atoms with van der Waals surface area (Å²) in [7, 11) is 0. The van der Waals surface area contributed by atoms with Crippen molar-refractivity contribution in [3.05, 3.63) is 29.3 Å². The van der Waals surface area contributed by atoms with Crippen molar-refractivity contribution in [2.75, 3.05) is 11.9 Å². The molecule has 2 atom stereocenters. The largest absolute Gasteiger partial charge is 0.346 e. The second-order valence-electron chi connectivity index (χ2n) is 4.68. The summed E-state index contributed by atoms with van der Waals surface area (Å²) >= 11 is 5.75. The summed E-state index contributed by atoms with van der Waals surface area (Å²) in [6.07, 6.45) is 0.811. The molecule has 7 heteroatoms. The first-order chi connectivity index (χ1) is 9.43. The SMILES string of the molecule is CCC(C)C(N)C(=O)NCC(=O)Nc1ccc(Cl)cc1.Cl. The first kappa shape index (κ1) is 19.7. The summed E-state index contributed by atoms with van der Waals surface area (Å²) in [5, 5.41) is 5.77. The third-order valence-corrected chi connectivity index (χ3v) is 3.36. The number of amides is 2. The Morgan fingerprint density at radius 3 is 2.38 bits per heavy atom. The Bertz CT molecular complexity index is 466. The van der Waals surface area contributed by atoms with Crippen molar-refractivity contribution in [2.24, 2.45) is 11.7 Å². The fourth-order valence-electron chi connectivity index (χ4n) is 1.54. The molecule has 1 aromatic rings. The summed E-state index contributed by atoms with van der Waals surface area (Å²) in [5.74, 6) is -0.544. The Hall–Kier alpha value is -1.30. The van der Waals surface area contributed by atoms with Gasteiger partial charge in [-0.2, -0.15) is 0 Å². The van der Waals surface area contributed by atoms with Gasteiger partial charge in [0, 0.05) is 10.7 Å². The minimum absolute atomic E-state index is 0. The molecular formula is C14H21Cl2N3O2. The van der Waals surface area contributed by atoms with Gasteiger partial charge < -0.3 is 16.4 Å². The number of halogens is 2. The second-order valence-corrected chi connectivity index (χ2v) is 5.12. The lowest BCUT2D eigenvalue weighted by atomic mass is 9.99. The van der Waals surface area contributed by atoms with E-state index in [9.17, 15) is 9.59 Å². The molecule has 2 amide bonds. The molecule has 0 aliphatic heterocycles. The van der Waals surface area contributed by atoms with Gasteiger partial charge >= 0.3 is 0 Å². The van der Waals surface area contributed by atoms with E-state index in [1.54, 1.807) is 24.3 Å². The van der Waals surface area contributed by atoms with Crippen LogP contribution in [0.2, 0.25) is 5.02 Å². The highest BCUT2D eigenvalue weighted by Gasteiger charge is 2.19. The van der Waals surface area contributed by atoms with Crippen LogP contribution in [0.15, 0.2) is 24.3 Å². The molecule has 0 aromatic heterocycles. The molecule has 118 valence electrons. The third-order valence-electron chi connectivity index (χ3n) is 3.11. The average molecular weight is 334 g/mol. The van der Waals surface area contributed by atoms with Gasteiger partial charge in [0.25, 0.3) is 0 Å². The maximum Gasteiger partial charge on any atom is 0.243 e. The van der Waals surface area contributed by atoms with Crippen LogP contribution in [0.3, 0.4) is 0 Å². The number of hydrogen-bond donors (Lipinski definition) is 3. The monoisotopic (exact) mass is 333 g/mol. The van der Waals surface area contributed by atoms with Gasteiger partial charge in [-0.25, -0.2) is 0 Å². The molecule has 1 aromatic carbocycles. The molecule has 0 fully saturated rings. The molecular weight excluding hydrogens is 313 g/mol. The molecule has 0 spiro atoms. The van der Waals surface area contributed by atoms with Crippen molar-refractivity contribution >= 4 is 41.5 Å². The van der Waals surface area contributed by atoms with Gasteiger partial charge in [0.15, 0.2) is 0 Å². The van der Waals surface area contributed by atoms with Gasteiger partial charge in [-0.15, -0.1) is 12.4 Å². The molecule has 0 radical (unpaired) electrons. The smallest absolute Gasteiger partial charge is 0.243 e. The van der Waals surface area contributed by atoms with E-state index in [1.165, 1.54) is 0 Å². The highest BCUT2D eigenvalue weighted by molar-refractivity contribution is 6.30. The zero-order valence-corrected chi connectivity index (χ0v) is 13.6. The van der Waals surface area contributed by atoms with Crippen LogP contribution < -0.4 is 16.4 Å². The third kappa shape index (κ3) is 6.80. The number of anilines is 1. The summed E-state index contributed by atoms with van der Waals surface area (Å²) < 4.78 is 0. The van der Waals surface area contributed by atoms with E-state index in [2.05, 4.69) is 10.6 Å². The van der Waals surface area contributed by atoms with Crippen molar-refractivity contribution in [1.82, 2.24) is 5.32 Å². The van der Waals surface area contributed by atoms with Crippen molar-refractivity contribution in [1.29, 1.82) is 0 Å². The summed E-state index contributed by atoms with van der Waals surface area (Å²) in [4.78, 5) is 23.4. The zero-order valence-electron chi connectivity index (χ0n) is 12.1. The summed E-state index contributed by atoms with van der Waals surface area (Å²) in [5.41, 5.74) is 6.39. The van der Waals surface area contributed by atoms with Crippen LogP contribution in [0.4, 0.5) is 5.69 Å². The van der Waals surface area contributed by atoms with Gasteiger partial charge in [0.1, 0.15) is 0 Å². The Labute approximate surface area is 136 Å². The Kier molecular flexibility index (Phi) is 9.01. The molecule has 4 N–H and O–H groups in total. The molecule has 0 heterocycles. The van der Waals surface area contributed by atoms with E-state index in [4.69, 9.17) is 17.3 Å². The topological polar surface area (TPSA) is 84.2 Å². The van der Waals surface area contributed by atoms with Crippen LogP contribution in [0, 0.1) is 5.92 Å². The lowest BCUT2D eigenvalue weighted by Crippen LogP contribution is -2.46. The molecule has 21 heavy (non-hydrogen) atoms. The summed E-state index contributed by atoms with van der Waals surface area (Å²) in [6, 6.07) is 6.13. The van der Waals surface area contributed by atoms with Gasteiger partial charge in [-0.1, -0.05) is 31.9 Å². The highest BCUT2D eigenvalue weighted by Crippen LogP contribution is 2.13. The number of rotatable bonds is 6. The predicted octanol–water partition coefficient (Wildman–Crippen LogP) is 2.19. The average Bonchev–Trinajstić information content (AvgIpc) is 2.45. The first-order valence-corrected chi connectivity index (χ1v) is 6.90. The van der Waals surface area contributed by atoms with E-state index in [1.807, 2.05) is 13.8 Å². The van der Waals surface area contributed by atoms with Gasteiger partial charge in [0.05, 0.1) is 12.6 Å². The van der Waals surface area contributed by atoms with E-state index in [0.717, 1.165) is 6.42 Å². The highest BCUT2D eigenvalue weighted by atomic mass is 35.5. The quantitative estimate of drug-likeness (QED) is 0.746. The first-order valence-electron chi connectivity index (χ1n) is 6.52. The number of nitrogens with one attached hydrogen (secondary N) is 2. The lowest BCUT2D eigenvalue weighted by Gasteiger charge is -2.17. The normalized spacial score (nSPS) is 12.8. The Morgan fingerprint density at radius 1 is 1.29 bits per heavy atom. The van der Waals surface area contributed by atoms with Crippen molar-refractivity contribution in [2.45, 2.75) is 26.3 Å². The number of nitrogens with two attached hydrogens (primary N) is 1. The number of carbonyl (C=O) groups is 2. The molecule has 0 saturated carbocycles. The van der Waals surface area contributed by atoms with Crippen LogP contribution in [0.5, 0.6) is 0 Å². The summed E-state index contributed by atoms with van der Waals surface area (Å²) in [6.45, 7) is 3.76. The predicted molar refractivity (Wildman–Crippen MR) is 87.8 cm³/mol. The Balaban J connectivity index is 0.00000400. The number of benzene rings is 1. The minimum Gasteiger partial charge on any atom is -0.346 e. The van der Waals surface area contributed by atoms with Crippen LogP contribution >= 0.6 is 24.0 Å². The lowest BCUT2D eigenvalue weighted by molar-refractivity contribution is -0.125. The molecule has 5 nitrogen and oxygen atoms in total. The number of hydrogen-bond acceptors (Lipinski definition) is 3. The van der Waals surface area contributed by atoms with E-state index < -0.39 is 6.04 Å². The fourth-order valence-corrected chi connectivity index (χ4v) is 1.66.